The van der Waals surface area contributed by atoms with Gasteiger partial charge in [-0.2, -0.15) is 11.8 Å². The fourth-order valence-corrected chi connectivity index (χ4v) is 2.44. The molecule has 0 radical (unpaired) electrons. The lowest BCUT2D eigenvalue weighted by molar-refractivity contribution is -0.123. The van der Waals surface area contributed by atoms with Gasteiger partial charge in [0, 0.05) is 0 Å². The van der Waals surface area contributed by atoms with Crippen molar-refractivity contribution in [2.45, 2.75) is 12.5 Å². The van der Waals surface area contributed by atoms with Gasteiger partial charge in [-0.15, -0.1) is 11.3 Å². The summed E-state index contributed by atoms with van der Waals surface area (Å²) in [5.74, 6) is -0.240. The van der Waals surface area contributed by atoms with Crippen LogP contribution in [0.4, 0.5) is 4.79 Å². The highest BCUT2D eigenvalue weighted by Crippen LogP contribution is 2.07. The van der Waals surface area contributed by atoms with E-state index in [2.05, 4.69) is 16.2 Å². The summed E-state index contributed by atoms with van der Waals surface area (Å²) in [6.45, 7) is 0. The van der Waals surface area contributed by atoms with E-state index in [1.165, 1.54) is 23.1 Å². The van der Waals surface area contributed by atoms with Crippen LogP contribution in [0, 0.1) is 0 Å². The van der Waals surface area contributed by atoms with Crippen molar-refractivity contribution in [3.05, 3.63) is 22.4 Å². The van der Waals surface area contributed by atoms with Crippen LogP contribution in [0.25, 0.3) is 0 Å². The van der Waals surface area contributed by atoms with Crippen molar-refractivity contribution in [1.29, 1.82) is 0 Å². The molecule has 0 aromatic carbocycles. The minimum Gasteiger partial charge on any atom is -0.352 e. The van der Waals surface area contributed by atoms with Crippen LogP contribution in [0.2, 0.25) is 0 Å². The van der Waals surface area contributed by atoms with Crippen LogP contribution in [0.1, 0.15) is 16.1 Å². The van der Waals surface area contributed by atoms with Crippen molar-refractivity contribution in [3.8, 4) is 0 Å². The number of hydrazine groups is 1. The maximum absolute atomic E-state index is 11.9. The Balaban J connectivity index is 2.48. The first-order chi connectivity index (χ1) is 9.54. The van der Waals surface area contributed by atoms with Gasteiger partial charge in [0.25, 0.3) is 11.8 Å². The average molecular weight is 316 g/mol. The molecule has 0 spiro atoms. The quantitative estimate of drug-likeness (QED) is 0.565. The monoisotopic (exact) mass is 316 g/mol. The van der Waals surface area contributed by atoms with Gasteiger partial charge in [0.1, 0.15) is 6.04 Å². The SMILES string of the molecule is CSCC[C@@H](NC(N)=O)C(=O)NNC(=O)c1cccs1. The predicted molar refractivity (Wildman–Crippen MR) is 79.4 cm³/mol. The van der Waals surface area contributed by atoms with Crippen molar-refractivity contribution in [1.82, 2.24) is 16.2 Å². The van der Waals surface area contributed by atoms with Gasteiger partial charge < -0.3 is 11.1 Å². The Morgan fingerprint density at radius 3 is 2.70 bits per heavy atom. The molecule has 0 unspecified atom stereocenters. The number of carbonyl (C=O) groups excluding carboxylic acids is 3. The molecule has 0 saturated heterocycles. The summed E-state index contributed by atoms with van der Waals surface area (Å²) >= 11 is 2.80. The molecule has 0 aliphatic rings. The van der Waals surface area contributed by atoms with E-state index in [1.807, 2.05) is 6.26 Å². The Kier molecular flexibility index (Phi) is 6.88. The number of rotatable bonds is 6. The number of nitrogens with one attached hydrogen (secondary N) is 3. The Bertz CT molecular complexity index is 464. The third-order valence-corrected chi connectivity index (χ3v) is 3.80. The summed E-state index contributed by atoms with van der Waals surface area (Å²) in [4.78, 5) is 34.8. The molecule has 1 atom stereocenters. The summed E-state index contributed by atoms with van der Waals surface area (Å²) in [5.41, 5.74) is 9.58. The lowest BCUT2D eigenvalue weighted by Gasteiger charge is -2.16. The molecule has 20 heavy (non-hydrogen) atoms. The fraction of sp³-hybridized carbons (Fsp3) is 0.364. The average Bonchev–Trinajstić information content (AvgIpc) is 2.94. The van der Waals surface area contributed by atoms with Crippen LogP contribution < -0.4 is 21.9 Å². The second-order valence-corrected chi connectivity index (χ2v) is 5.70. The zero-order valence-electron chi connectivity index (χ0n) is 10.8. The van der Waals surface area contributed by atoms with Gasteiger partial charge in [-0.05, 0) is 29.9 Å². The summed E-state index contributed by atoms with van der Waals surface area (Å²) in [6, 6.07) is 1.82. The normalized spacial score (nSPS) is 11.4. The molecule has 4 amide bonds. The molecule has 9 heteroatoms. The van der Waals surface area contributed by atoms with Gasteiger partial charge in [0.15, 0.2) is 0 Å². The fourth-order valence-electron chi connectivity index (χ4n) is 1.35. The number of amides is 4. The molecular formula is C11H16N4O3S2. The van der Waals surface area contributed by atoms with E-state index in [1.54, 1.807) is 17.5 Å². The van der Waals surface area contributed by atoms with Gasteiger partial charge in [0.2, 0.25) is 0 Å². The van der Waals surface area contributed by atoms with Gasteiger partial charge >= 0.3 is 6.03 Å². The second-order valence-electron chi connectivity index (χ2n) is 3.76. The molecule has 1 heterocycles. The Hall–Kier alpha value is -1.74. The summed E-state index contributed by atoms with van der Waals surface area (Å²) < 4.78 is 0. The molecule has 5 N–H and O–H groups in total. The first-order valence-electron chi connectivity index (χ1n) is 5.73. The number of primary amides is 1. The molecule has 0 saturated carbocycles. The Morgan fingerprint density at radius 2 is 2.15 bits per heavy atom. The number of hydrogen-bond acceptors (Lipinski definition) is 5. The number of thiophene rings is 1. The van der Waals surface area contributed by atoms with Crippen molar-refractivity contribution in [2.24, 2.45) is 5.73 Å². The zero-order valence-corrected chi connectivity index (χ0v) is 12.5. The summed E-state index contributed by atoms with van der Waals surface area (Å²) in [7, 11) is 0. The molecule has 0 aliphatic carbocycles. The minimum absolute atomic E-state index is 0.406. The van der Waals surface area contributed by atoms with E-state index >= 15 is 0 Å². The van der Waals surface area contributed by atoms with Crippen LogP contribution in [-0.4, -0.2) is 35.9 Å². The van der Waals surface area contributed by atoms with Crippen LogP contribution in [0.15, 0.2) is 17.5 Å². The van der Waals surface area contributed by atoms with Crippen LogP contribution in [0.5, 0.6) is 0 Å². The first-order valence-corrected chi connectivity index (χ1v) is 8.00. The molecule has 0 aliphatic heterocycles. The standard InChI is InChI=1S/C11H16N4O3S2/c1-19-6-4-7(13-11(12)18)9(16)14-15-10(17)8-3-2-5-20-8/h2-3,5,7H,4,6H2,1H3,(H,14,16)(H,15,17)(H3,12,13,18)/t7-/m1/s1. The molecule has 1 aromatic heterocycles. The second kappa shape index (κ2) is 8.43. The number of nitrogens with two attached hydrogens (primary N) is 1. The van der Waals surface area contributed by atoms with E-state index in [4.69, 9.17) is 5.73 Å². The van der Waals surface area contributed by atoms with Crippen molar-refractivity contribution < 1.29 is 14.4 Å². The van der Waals surface area contributed by atoms with Gasteiger partial charge in [0.05, 0.1) is 4.88 Å². The molecule has 1 aromatic rings. The lowest BCUT2D eigenvalue weighted by Crippen LogP contribution is -2.53. The predicted octanol–water partition coefficient (Wildman–Crippen LogP) is 0.299. The van der Waals surface area contributed by atoms with Crippen molar-refractivity contribution >= 4 is 40.9 Å². The highest BCUT2D eigenvalue weighted by atomic mass is 32.2. The maximum Gasteiger partial charge on any atom is 0.312 e. The third kappa shape index (κ3) is 5.49. The van der Waals surface area contributed by atoms with Crippen LogP contribution in [0.3, 0.4) is 0 Å². The van der Waals surface area contributed by atoms with E-state index in [9.17, 15) is 14.4 Å². The van der Waals surface area contributed by atoms with Gasteiger partial charge in [-0.3, -0.25) is 20.4 Å². The lowest BCUT2D eigenvalue weighted by atomic mass is 10.2. The smallest absolute Gasteiger partial charge is 0.312 e. The van der Waals surface area contributed by atoms with Gasteiger partial charge in [-0.1, -0.05) is 6.07 Å². The van der Waals surface area contributed by atoms with Crippen molar-refractivity contribution in [3.63, 3.8) is 0 Å². The molecule has 1 rings (SSSR count). The third-order valence-electron chi connectivity index (χ3n) is 2.29. The number of hydrogen-bond donors (Lipinski definition) is 4. The van der Waals surface area contributed by atoms with E-state index in [0.717, 1.165) is 0 Å². The highest BCUT2D eigenvalue weighted by Gasteiger charge is 2.20. The molecule has 110 valence electrons. The molecule has 7 nitrogen and oxygen atoms in total. The van der Waals surface area contributed by atoms with E-state index in [-0.39, 0.29) is 0 Å². The maximum atomic E-state index is 11.9. The summed E-state index contributed by atoms with van der Waals surface area (Å²) in [6.07, 6.45) is 2.31. The number of thioether (sulfide) groups is 1. The van der Waals surface area contributed by atoms with Crippen LogP contribution in [-0.2, 0) is 4.79 Å². The Labute approximate surface area is 124 Å². The summed E-state index contributed by atoms with van der Waals surface area (Å²) in [5, 5.41) is 4.09. The van der Waals surface area contributed by atoms with E-state index < -0.39 is 23.9 Å². The largest absolute Gasteiger partial charge is 0.352 e. The molecule has 0 fully saturated rings. The highest BCUT2D eigenvalue weighted by molar-refractivity contribution is 7.98. The number of carbonyl (C=O) groups is 3. The van der Waals surface area contributed by atoms with Gasteiger partial charge in [-0.25, -0.2) is 4.79 Å². The Morgan fingerprint density at radius 1 is 1.40 bits per heavy atom. The zero-order chi connectivity index (χ0) is 15.0. The molecular weight excluding hydrogens is 300 g/mol. The molecule has 0 bridgehead atoms. The van der Waals surface area contributed by atoms with Crippen molar-refractivity contribution in [2.75, 3.05) is 12.0 Å². The van der Waals surface area contributed by atoms with Crippen LogP contribution >= 0.6 is 23.1 Å². The first kappa shape index (κ1) is 16.3. The minimum atomic E-state index is -0.782. The number of urea groups is 1. The topological polar surface area (TPSA) is 113 Å². The van der Waals surface area contributed by atoms with E-state index in [0.29, 0.717) is 17.1 Å².